The predicted octanol–water partition coefficient (Wildman–Crippen LogP) is 4.70. The van der Waals surface area contributed by atoms with E-state index in [1.54, 1.807) is 29.7 Å². The Hall–Kier alpha value is -5.35. The number of rotatable bonds is 9. The molecule has 2 amide bonds. The van der Waals surface area contributed by atoms with Gasteiger partial charge in [-0.25, -0.2) is 24.7 Å². The molecule has 2 fully saturated rings. The van der Waals surface area contributed by atoms with Crippen molar-refractivity contribution in [3.8, 4) is 23.2 Å². The molecule has 0 spiro atoms. The van der Waals surface area contributed by atoms with Gasteiger partial charge in [-0.3, -0.25) is 4.90 Å². The molecule has 6 rings (SSSR count). The molecular weight excluding hydrogens is 608 g/mol. The van der Waals surface area contributed by atoms with Crippen LogP contribution in [-0.2, 0) is 6.54 Å². The molecule has 3 N–H and O–H groups in total. The molecule has 1 aliphatic carbocycles. The van der Waals surface area contributed by atoms with E-state index in [1.807, 2.05) is 42.5 Å². The van der Waals surface area contributed by atoms with Crippen LogP contribution >= 0.6 is 0 Å². The lowest BCUT2D eigenvalue weighted by molar-refractivity contribution is 0.161. The van der Waals surface area contributed by atoms with Gasteiger partial charge in [0.2, 0.25) is 5.95 Å². The number of hydrogen-bond acceptors (Lipinski definition) is 11. The molecule has 13 nitrogen and oxygen atoms in total. The Labute approximate surface area is 280 Å². The first-order valence-corrected chi connectivity index (χ1v) is 16.4. The fourth-order valence-electron chi connectivity index (χ4n) is 6.30. The zero-order valence-electron chi connectivity index (χ0n) is 27.0. The number of hydrogen-bond donors (Lipinski definition) is 3. The van der Waals surface area contributed by atoms with Crippen LogP contribution in [0.4, 0.5) is 22.4 Å². The van der Waals surface area contributed by atoms with E-state index in [9.17, 15) is 15.2 Å². The highest BCUT2D eigenvalue weighted by Gasteiger charge is 2.31. The van der Waals surface area contributed by atoms with Crippen LogP contribution in [0.1, 0.15) is 56.1 Å². The van der Waals surface area contributed by atoms with Gasteiger partial charge >= 0.3 is 12.0 Å². The van der Waals surface area contributed by atoms with Crippen LogP contribution in [0.25, 0.3) is 11.1 Å². The largest absolute Gasteiger partial charge is 0.467 e. The van der Waals surface area contributed by atoms with Crippen molar-refractivity contribution >= 4 is 23.6 Å². The summed E-state index contributed by atoms with van der Waals surface area (Å²) in [7, 11) is 1.52. The van der Waals surface area contributed by atoms with E-state index < -0.39 is 0 Å². The van der Waals surface area contributed by atoms with Gasteiger partial charge in [-0.05, 0) is 62.6 Å². The number of amides is 2. The molecule has 4 aromatic rings. The van der Waals surface area contributed by atoms with Crippen molar-refractivity contribution in [3.05, 3.63) is 78.4 Å². The number of carbonyl (C=O) groups excluding carboxylic acids is 1. The third-order valence-electron chi connectivity index (χ3n) is 8.93. The maximum Gasteiger partial charge on any atom is 0.323 e. The van der Waals surface area contributed by atoms with Gasteiger partial charge in [-0.15, -0.1) is 0 Å². The first-order chi connectivity index (χ1) is 23.5. The number of aliphatic hydroxyl groups excluding tert-OH is 1. The van der Waals surface area contributed by atoms with Crippen LogP contribution in [0.15, 0.2) is 67.3 Å². The van der Waals surface area contributed by atoms with E-state index in [0.29, 0.717) is 48.7 Å². The number of carbonyl (C=O) groups is 1. The molecule has 4 heterocycles. The summed E-state index contributed by atoms with van der Waals surface area (Å²) in [5, 5.41) is 26.4. The third kappa shape index (κ3) is 7.95. The molecule has 48 heavy (non-hydrogen) atoms. The topological polar surface area (TPSA) is 165 Å². The predicted molar refractivity (Wildman–Crippen MR) is 181 cm³/mol. The van der Waals surface area contributed by atoms with Crippen molar-refractivity contribution < 1.29 is 14.6 Å². The Morgan fingerprint density at radius 2 is 1.73 bits per heavy atom. The van der Waals surface area contributed by atoms with E-state index in [2.05, 4.69) is 36.6 Å². The van der Waals surface area contributed by atoms with Crippen molar-refractivity contribution in [1.29, 1.82) is 5.26 Å². The summed E-state index contributed by atoms with van der Waals surface area (Å²) in [6.45, 7) is 1.78. The van der Waals surface area contributed by atoms with E-state index in [4.69, 9.17) is 14.7 Å². The number of urea groups is 1. The lowest BCUT2D eigenvalue weighted by atomic mass is 9.90. The fourth-order valence-corrected chi connectivity index (χ4v) is 6.30. The van der Waals surface area contributed by atoms with Crippen molar-refractivity contribution in [2.24, 2.45) is 0 Å². The van der Waals surface area contributed by atoms with Crippen LogP contribution < -0.4 is 25.2 Å². The van der Waals surface area contributed by atoms with E-state index in [1.165, 1.54) is 7.11 Å². The second-order valence-electron chi connectivity index (χ2n) is 12.1. The summed E-state index contributed by atoms with van der Waals surface area (Å²) in [5.41, 5.74) is 3.07. The Kier molecular flexibility index (Phi) is 10.5. The van der Waals surface area contributed by atoms with Gasteiger partial charge in [0.1, 0.15) is 17.5 Å². The van der Waals surface area contributed by atoms with E-state index in [-0.39, 0.29) is 24.2 Å². The van der Waals surface area contributed by atoms with Crippen molar-refractivity contribution in [2.45, 2.75) is 69.7 Å². The normalized spacial score (nSPS) is 19.4. The molecule has 1 aromatic carbocycles. The van der Waals surface area contributed by atoms with Gasteiger partial charge < -0.3 is 25.4 Å². The number of methoxy groups -OCH3 is 1. The molecule has 13 heteroatoms. The average molecular weight is 649 g/mol. The van der Waals surface area contributed by atoms with Crippen LogP contribution in [0.5, 0.6) is 6.01 Å². The van der Waals surface area contributed by atoms with Crippen molar-refractivity contribution in [3.63, 3.8) is 0 Å². The van der Waals surface area contributed by atoms with Gasteiger partial charge in [-0.2, -0.15) is 10.2 Å². The number of nitriles is 1. The summed E-state index contributed by atoms with van der Waals surface area (Å²) >= 11 is 0. The molecule has 248 valence electrons. The number of aliphatic hydroxyl groups is 1. The minimum absolute atomic E-state index is 0.0672. The molecule has 1 aliphatic heterocycles. The Bertz CT molecular complexity index is 1690. The minimum Gasteiger partial charge on any atom is -0.467 e. The van der Waals surface area contributed by atoms with Crippen molar-refractivity contribution in [1.82, 2.24) is 30.2 Å². The lowest BCUT2D eigenvalue weighted by Gasteiger charge is -2.36. The second-order valence-corrected chi connectivity index (χ2v) is 12.1. The molecule has 1 unspecified atom stereocenters. The van der Waals surface area contributed by atoms with Crippen LogP contribution in [0, 0.1) is 11.3 Å². The highest BCUT2D eigenvalue weighted by molar-refractivity contribution is 5.91. The van der Waals surface area contributed by atoms with Gasteiger partial charge in [0, 0.05) is 61.4 Å². The highest BCUT2D eigenvalue weighted by Crippen LogP contribution is 2.30. The summed E-state index contributed by atoms with van der Waals surface area (Å²) < 4.78 is 5.07. The third-order valence-corrected chi connectivity index (χ3v) is 8.93. The maximum absolute atomic E-state index is 13.8. The van der Waals surface area contributed by atoms with Crippen LogP contribution in [0.2, 0.25) is 0 Å². The molecule has 3 aromatic heterocycles. The smallest absolute Gasteiger partial charge is 0.323 e. The summed E-state index contributed by atoms with van der Waals surface area (Å²) in [5.74, 6) is 1.65. The van der Waals surface area contributed by atoms with Gasteiger partial charge in [0.15, 0.2) is 5.82 Å². The Morgan fingerprint density at radius 1 is 0.958 bits per heavy atom. The first kappa shape index (κ1) is 32.6. The van der Waals surface area contributed by atoms with Gasteiger partial charge in [-0.1, -0.05) is 30.3 Å². The van der Waals surface area contributed by atoms with Crippen molar-refractivity contribution in [2.75, 3.05) is 35.3 Å². The monoisotopic (exact) mass is 648 g/mol. The number of ether oxygens (including phenoxy) is 1. The fraction of sp³-hybridized carbons (Fsp3) is 0.400. The summed E-state index contributed by atoms with van der Waals surface area (Å²) in [4.78, 5) is 39.9. The highest BCUT2D eigenvalue weighted by atomic mass is 16.5. The molecule has 1 atom stereocenters. The Morgan fingerprint density at radius 3 is 2.44 bits per heavy atom. The zero-order chi connectivity index (χ0) is 33.3. The second kappa shape index (κ2) is 15.5. The summed E-state index contributed by atoms with van der Waals surface area (Å²) in [6, 6.07) is 16.0. The van der Waals surface area contributed by atoms with Gasteiger partial charge in [0.05, 0.1) is 19.4 Å². The van der Waals surface area contributed by atoms with E-state index >= 15 is 0 Å². The SMILES string of the molecule is COc1ncc(-c2ccc(N(C(=O)NCc3ccccc3)[C@H]3CC[C@H](Nc4ncc(C#N)c(N5CCCC(O)CC5)n4)CC3)nc2)cn1. The molecule has 1 saturated carbocycles. The zero-order valence-corrected chi connectivity index (χ0v) is 27.0. The number of anilines is 3. The molecule has 2 aliphatic rings. The molecule has 0 radical (unpaired) electrons. The molecule has 0 bridgehead atoms. The Balaban J connectivity index is 1.15. The minimum atomic E-state index is -0.327. The number of aromatic nitrogens is 5. The molecule has 1 saturated heterocycles. The average Bonchev–Trinajstić information content (AvgIpc) is 3.36. The first-order valence-electron chi connectivity index (χ1n) is 16.4. The summed E-state index contributed by atoms with van der Waals surface area (Å²) in [6.07, 6.45) is 11.7. The number of nitrogens with one attached hydrogen (secondary N) is 2. The number of nitrogens with zero attached hydrogens (tertiary/aromatic N) is 8. The molecular formula is C35H40N10O3. The van der Waals surface area contributed by atoms with E-state index in [0.717, 1.165) is 61.8 Å². The van der Waals surface area contributed by atoms with Gasteiger partial charge in [0.25, 0.3) is 0 Å². The van der Waals surface area contributed by atoms with Crippen LogP contribution in [0.3, 0.4) is 0 Å². The standard InChI is InChI=1S/C35H40N10O3/c1-48-34-39-22-27(23-40-34)25-9-14-31(37-20-25)45(35(47)41-19-24-6-3-2-4-7-24)29-12-10-28(11-13-29)42-33-38-21-26(18-36)32(43-33)44-16-5-8-30(46)15-17-44/h2-4,6-7,9,14,20-23,28-30,46H,5,8,10-13,15-17,19H2,1H3,(H,41,47)(H,38,42,43)/t28-,29-,30?. The maximum atomic E-state index is 13.8. The number of pyridine rings is 1. The quantitative estimate of drug-likeness (QED) is 0.230. The number of benzene rings is 1. The lowest BCUT2D eigenvalue weighted by Crippen LogP contribution is -2.49. The van der Waals surface area contributed by atoms with Crippen LogP contribution in [-0.4, -0.2) is 74.4 Å².